The number of amides is 2. The molecule has 1 saturated heterocycles. The minimum absolute atomic E-state index is 0.0629. The van der Waals surface area contributed by atoms with Gasteiger partial charge < -0.3 is 29.2 Å². The predicted octanol–water partition coefficient (Wildman–Crippen LogP) is 7.70. The maximum atomic E-state index is 14.7. The van der Waals surface area contributed by atoms with Gasteiger partial charge in [0.05, 0.1) is 24.6 Å². The first-order chi connectivity index (χ1) is 27.4. The molecule has 3 atom stereocenters. The highest BCUT2D eigenvalue weighted by Crippen LogP contribution is 2.42. The molecule has 1 aliphatic rings. The van der Waals surface area contributed by atoms with Crippen molar-refractivity contribution in [3.05, 3.63) is 77.1 Å². The zero-order valence-corrected chi connectivity index (χ0v) is 34.9. The summed E-state index contributed by atoms with van der Waals surface area (Å²) in [5.74, 6) is -1.10. The maximum Gasteiger partial charge on any atom is 0.408 e. The Bertz CT molecular complexity index is 2110. The van der Waals surface area contributed by atoms with Crippen molar-refractivity contribution >= 4 is 28.9 Å². The number of hydrogen-bond acceptors (Lipinski definition) is 9. The molecule has 2 amide bonds. The number of halogens is 2. The van der Waals surface area contributed by atoms with E-state index in [1.807, 2.05) is 51.1 Å². The Morgan fingerprint density at radius 1 is 1.05 bits per heavy atom. The molecule has 0 aliphatic carbocycles. The molecular formula is C44H57F2N5O7. The van der Waals surface area contributed by atoms with Gasteiger partial charge in [-0.2, -0.15) is 0 Å². The fraction of sp³-hybridized carbons (Fsp3) is 0.500. The molecule has 314 valence electrons. The van der Waals surface area contributed by atoms with Crippen molar-refractivity contribution in [2.75, 3.05) is 27.4 Å². The first-order valence-electron chi connectivity index (χ1n) is 19.7. The Morgan fingerprint density at radius 2 is 1.79 bits per heavy atom. The van der Waals surface area contributed by atoms with Crippen molar-refractivity contribution in [3.63, 3.8) is 0 Å². The second kappa shape index (κ2) is 18.3. The SMILES string of the molecule is CCn1c(-c2cccnc2[C@H](C)OC)c(CC(C)(C)CO)c2cc(-c3cc(CC(NC(=O)OC(C)(C)C)C(=O)N4CCCC(C(=O)OC)N4)cc(C(F)F)c3)ccc21. The Balaban J connectivity index is 1.64. The van der Waals surface area contributed by atoms with Crippen molar-refractivity contribution in [2.45, 2.75) is 111 Å². The Hall–Kier alpha value is -4.92. The maximum absolute atomic E-state index is 14.7. The summed E-state index contributed by atoms with van der Waals surface area (Å²) in [5.41, 5.74) is 7.34. The number of nitrogens with zero attached hydrogens (tertiary/aromatic N) is 3. The quantitative estimate of drug-likeness (QED) is 0.109. The van der Waals surface area contributed by atoms with Crippen LogP contribution < -0.4 is 10.7 Å². The molecule has 5 rings (SSSR count). The third kappa shape index (κ3) is 10.2. The number of esters is 1. The van der Waals surface area contributed by atoms with Crippen LogP contribution in [0.5, 0.6) is 0 Å². The second-order valence-corrected chi connectivity index (χ2v) is 16.6. The molecular weight excluding hydrogens is 749 g/mol. The fourth-order valence-corrected chi connectivity index (χ4v) is 7.47. The van der Waals surface area contributed by atoms with Gasteiger partial charge in [-0.1, -0.05) is 32.0 Å². The van der Waals surface area contributed by atoms with E-state index in [1.165, 1.54) is 24.3 Å². The average Bonchev–Trinajstić information content (AvgIpc) is 3.50. The topological polar surface area (TPSA) is 144 Å². The van der Waals surface area contributed by atoms with Crippen molar-refractivity contribution in [2.24, 2.45) is 5.41 Å². The zero-order chi connectivity index (χ0) is 42.5. The van der Waals surface area contributed by atoms with E-state index in [1.54, 1.807) is 40.1 Å². The van der Waals surface area contributed by atoms with Gasteiger partial charge in [-0.05, 0) is 112 Å². The van der Waals surface area contributed by atoms with Crippen molar-refractivity contribution in [3.8, 4) is 22.4 Å². The molecule has 0 radical (unpaired) electrons. The van der Waals surface area contributed by atoms with Crippen LogP contribution in [0, 0.1) is 5.41 Å². The molecule has 3 heterocycles. The highest BCUT2D eigenvalue weighted by molar-refractivity contribution is 5.95. The average molecular weight is 806 g/mol. The van der Waals surface area contributed by atoms with E-state index in [2.05, 4.69) is 22.2 Å². The molecule has 0 saturated carbocycles. The lowest BCUT2D eigenvalue weighted by Gasteiger charge is -2.35. The number of methoxy groups -OCH3 is 2. The van der Waals surface area contributed by atoms with Gasteiger partial charge in [0.2, 0.25) is 0 Å². The number of aryl methyl sites for hydroxylation is 1. The summed E-state index contributed by atoms with van der Waals surface area (Å²) in [5, 5.41) is 15.3. The molecule has 2 aromatic heterocycles. The van der Waals surface area contributed by atoms with Gasteiger partial charge in [-0.15, -0.1) is 0 Å². The minimum Gasteiger partial charge on any atom is -0.468 e. The van der Waals surface area contributed by atoms with Gasteiger partial charge in [0.25, 0.3) is 12.3 Å². The van der Waals surface area contributed by atoms with Gasteiger partial charge in [0.15, 0.2) is 0 Å². The molecule has 1 fully saturated rings. The number of carbonyl (C=O) groups excluding carboxylic acids is 3. The van der Waals surface area contributed by atoms with E-state index in [9.17, 15) is 28.3 Å². The number of alkyl carbamates (subject to hydrolysis) is 1. The highest BCUT2D eigenvalue weighted by atomic mass is 19.3. The lowest BCUT2D eigenvalue weighted by atomic mass is 9.84. The summed E-state index contributed by atoms with van der Waals surface area (Å²) in [6.45, 7) is 13.9. The van der Waals surface area contributed by atoms with Gasteiger partial charge in [-0.3, -0.25) is 19.6 Å². The van der Waals surface area contributed by atoms with Gasteiger partial charge in [-0.25, -0.2) is 19.0 Å². The zero-order valence-electron chi connectivity index (χ0n) is 34.9. The first kappa shape index (κ1) is 44.2. The molecule has 1 aliphatic heterocycles. The van der Waals surface area contributed by atoms with Crippen LogP contribution in [0.2, 0.25) is 0 Å². The number of hydrazine groups is 1. The smallest absolute Gasteiger partial charge is 0.408 e. The summed E-state index contributed by atoms with van der Waals surface area (Å²) in [4.78, 5) is 44.2. The van der Waals surface area contributed by atoms with E-state index >= 15 is 0 Å². The van der Waals surface area contributed by atoms with Crippen LogP contribution in [0.15, 0.2) is 54.7 Å². The van der Waals surface area contributed by atoms with Crippen LogP contribution >= 0.6 is 0 Å². The van der Waals surface area contributed by atoms with Crippen molar-refractivity contribution in [1.29, 1.82) is 0 Å². The van der Waals surface area contributed by atoms with Gasteiger partial charge >= 0.3 is 12.1 Å². The summed E-state index contributed by atoms with van der Waals surface area (Å²) in [7, 11) is 2.90. The summed E-state index contributed by atoms with van der Waals surface area (Å²) in [6.07, 6.45) is -0.951. The summed E-state index contributed by atoms with van der Waals surface area (Å²) in [6, 6.07) is 12.3. The largest absolute Gasteiger partial charge is 0.468 e. The number of ether oxygens (including phenoxy) is 3. The van der Waals surface area contributed by atoms with E-state index in [4.69, 9.17) is 19.2 Å². The molecule has 0 spiro atoms. The van der Waals surface area contributed by atoms with E-state index in [-0.39, 0.29) is 31.2 Å². The van der Waals surface area contributed by atoms with E-state index in [0.29, 0.717) is 42.5 Å². The van der Waals surface area contributed by atoms with Crippen LogP contribution in [0.4, 0.5) is 13.6 Å². The minimum atomic E-state index is -2.83. The lowest BCUT2D eigenvalue weighted by Crippen LogP contribution is -2.60. The van der Waals surface area contributed by atoms with Gasteiger partial charge in [0, 0.05) is 61.5 Å². The monoisotopic (exact) mass is 805 g/mol. The van der Waals surface area contributed by atoms with Crippen LogP contribution in [0.1, 0.15) is 96.2 Å². The summed E-state index contributed by atoms with van der Waals surface area (Å²) >= 11 is 0. The number of nitrogens with one attached hydrogen (secondary N) is 2. The molecule has 3 N–H and O–H groups in total. The number of rotatable bonds is 14. The number of benzene rings is 2. The van der Waals surface area contributed by atoms with Crippen LogP contribution in [0.25, 0.3) is 33.3 Å². The highest BCUT2D eigenvalue weighted by Gasteiger charge is 2.34. The third-order valence-electron chi connectivity index (χ3n) is 10.4. The molecule has 2 aromatic carbocycles. The Kier molecular flexibility index (Phi) is 14.0. The van der Waals surface area contributed by atoms with Crippen LogP contribution in [-0.4, -0.2) is 82.7 Å². The summed E-state index contributed by atoms with van der Waals surface area (Å²) < 4.78 is 47.7. The normalized spacial score (nSPS) is 16.0. The number of fused-ring (bicyclic) bond motifs is 1. The molecule has 12 nitrogen and oxygen atoms in total. The van der Waals surface area contributed by atoms with Crippen LogP contribution in [-0.2, 0) is 43.2 Å². The number of aliphatic hydroxyl groups excluding tert-OH is 1. The van der Waals surface area contributed by atoms with Gasteiger partial charge in [0.1, 0.15) is 17.7 Å². The lowest BCUT2D eigenvalue weighted by molar-refractivity contribution is -0.150. The Morgan fingerprint density at radius 3 is 2.43 bits per heavy atom. The number of alkyl halides is 2. The van der Waals surface area contributed by atoms with E-state index < -0.39 is 47.5 Å². The number of pyridine rings is 1. The molecule has 58 heavy (non-hydrogen) atoms. The molecule has 0 bridgehead atoms. The number of hydrogen-bond donors (Lipinski definition) is 3. The Labute approximate surface area is 339 Å². The number of aliphatic hydroxyl groups is 1. The second-order valence-electron chi connectivity index (χ2n) is 16.6. The number of carbonyl (C=O) groups is 3. The van der Waals surface area contributed by atoms with Crippen LogP contribution in [0.3, 0.4) is 0 Å². The van der Waals surface area contributed by atoms with E-state index in [0.717, 1.165) is 33.4 Å². The fourth-order valence-electron chi connectivity index (χ4n) is 7.47. The number of aromatic nitrogens is 2. The third-order valence-corrected chi connectivity index (χ3v) is 10.4. The molecule has 2 unspecified atom stereocenters. The van der Waals surface area contributed by atoms with Crippen molar-refractivity contribution < 1.29 is 42.5 Å². The molecule has 14 heteroatoms. The predicted molar refractivity (Wildman–Crippen MR) is 218 cm³/mol. The molecule has 4 aromatic rings. The van der Waals surface area contributed by atoms with Crippen molar-refractivity contribution in [1.82, 2.24) is 25.3 Å². The standard InChI is InChI=1S/C44H57F2N5O7/c1-10-50-36-16-15-28(23-32(36)33(24-44(6,7)25-52)38(50)31-13-11-17-47-37(31)26(2)56-8)29-19-27(20-30(22-29)39(45)46)21-35(48-42(55)58-43(3,4)5)40(53)51-18-12-14-34(49-51)41(54)57-9/h11,13,15-17,19-20,22-23,26,34-35,39,49,52H,10,12,14,18,21,24-25H2,1-9H3,(H,48,55)/t26-,34?,35?/m0/s1. The first-order valence-corrected chi connectivity index (χ1v) is 19.7.